The average Bonchev–Trinajstić information content (AvgIpc) is 2.30. The molecule has 18 heavy (non-hydrogen) atoms. The zero-order valence-corrected chi connectivity index (χ0v) is 13.1. The van der Waals surface area contributed by atoms with Crippen molar-refractivity contribution in [2.24, 2.45) is 5.92 Å². The number of nitrogens with one attached hydrogen (secondary N) is 1. The minimum absolute atomic E-state index is 0.648. The molecule has 0 aliphatic carbocycles. The van der Waals surface area contributed by atoms with E-state index in [0.717, 1.165) is 12.5 Å². The molecular formula is C15H23BrN2. The van der Waals surface area contributed by atoms with Crippen LogP contribution in [0.25, 0.3) is 0 Å². The number of aryl methyl sites for hydroxylation is 1. The van der Waals surface area contributed by atoms with Crippen LogP contribution in [0.2, 0.25) is 0 Å². The Labute approximate surface area is 119 Å². The Kier molecular flexibility index (Phi) is 4.82. The third-order valence-corrected chi connectivity index (χ3v) is 4.61. The molecule has 1 aliphatic rings. The number of benzene rings is 1. The van der Waals surface area contributed by atoms with Gasteiger partial charge >= 0.3 is 0 Å². The van der Waals surface area contributed by atoms with E-state index in [1.165, 1.54) is 35.1 Å². The van der Waals surface area contributed by atoms with E-state index < -0.39 is 0 Å². The van der Waals surface area contributed by atoms with Crippen molar-refractivity contribution in [3.8, 4) is 0 Å². The Balaban J connectivity index is 1.91. The van der Waals surface area contributed by atoms with Crippen LogP contribution in [-0.2, 0) is 6.54 Å². The van der Waals surface area contributed by atoms with Crippen LogP contribution < -0.4 is 5.32 Å². The van der Waals surface area contributed by atoms with Crippen molar-refractivity contribution >= 4 is 15.9 Å². The van der Waals surface area contributed by atoms with Crippen molar-refractivity contribution < 1.29 is 0 Å². The second-order valence-electron chi connectivity index (χ2n) is 5.61. The highest BCUT2D eigenvalue weighted by atomic mass is 79.9. The smallest absolute Gasteiger partial charge is 0.0222 e. The molecule has 0 amide bonds. The first-order valence-electron chi connectivity index (χ1n) is 6.73. The van der Waals surface area contributed by atoms with E-state index in [2.05, 4.69) is 65.2 Å². The van der Waals surface area contributed by atoms with E-state index in [-0.39, 0.29) is 0 Å². The van der Waals surface area contributed by atoms with Gasteiger partial charge in [0.05, 0.1) is 0 Å². The Morgan fingerprint density at radius 1 is 1.44 bits per heavy atom. The normalized spacial score (nSPS) is 25.3. The number of likely N-dealkylation sites (tertiary alicyclic amines) is 1. The number of nitrogens with zero attached hydrogens (tertiary/aromatic N) is 1. The van der Waals surface area contributed by atoms with Gasteiger partial charge in [0.25, 0.3) is 0 Å². The minimum atomic E-state index is 0.648. The summed E-state index contributed by atoms with van der Waals surface area (Å²) >= 11 is 3.65. The van der Waals surface area contributed by atoms with Gasteiger partial charge in [0.1, 0.15) is 0 Å². The van der Waals surface area contributed by atoms with Crippen LogP contribution in [0.5, 0.6) is 0 Å². The first-order chi connectivity index (χ1) is 8.56. The molecule has 0 saturated carbocycles. The van der Waals surface area contributed by atoms with Gasteiger partial charge < -0.3 is 10.2 Å². The van der Waals surface area contributed by atoms with Crippen molar-refractivity contribution in [3.63, 3.8) is 0 Å². The fourth-order valence-corrected chi connectivity index (χ4v) is 3.33. The molecule has 2 unspecified atom stereocenters. The van der Waals surface area contributed by atoms with Gasteiger partial charge in [0, 0.05) is 23.6 Å². The molecule has 3 heteroatoms. The third-order valence-electron chi connectivity index (χ3n) is 3.87. The number of halogens is 1. The van der Waals surface area contributed by atoms with Gasteiger partial charge in [-0.25, -0.2) is 0 Å². The van der Waals surface area contributed by atoms with Crippen molar-refractivity contribution in [2.75, 3.05) is 20.1 Å². The Morgan fingerprint density at radius 3 is 2.89 bits per heavy atom. The molecule has 2 atom stereocenters. The quantitative estimate of drug-likeness (QED) is 0.922. The summed E-state index contributed by atoms with van der Waals surface area (Å²) in [5.41, 5.74) is 2.66. The van der Waals surface area contributed by atoms with Crippen LogP contribution in [0.15, 0.2) is 22.7 Å². The molecule has 0 bridgehead atoms. The maximum Gasteiger partial charge on any atom is 0.0222 e. The molecule has 1 aromatic carbocycles. The molecule has 2 nitrogen and oxygen atoms in total. The molecular weight excluding hydrogens is 288 g/mol. The second-order valence-corrected chi connectivity index (χ2v) is 6.46. The van der Waals surface area contributed by atoms with Crippen LogP contribution in [0, 0.1) is 12.8 Å². The summed E-state index contributed by atoms with van der Waals surface area (Å²) in [6.45, 7) is 7.84. The Hall–Kier alpha value is -0.380. The summed E-state index contributed by atoms with van der Waals surface area (Å²) in [5.74, 6) is 0.730. The van der Waals surface area contributed by atoms with E-state index in [0.29, 0.717) is 6.04 Å². The lowest BCUT2D eigenvalue weighted by Gasteiger charge is -2.35. The molecule has 0 aromatic heterocycles. The molecule has 1 heterocycles. The zero-order valence-electron chi connectivity index (χ0n) is 11.5. The van der Waals surface area contributed by atoms with E-state index in [9.17, 15) is 0 Å². The molecule has 1 N–H and O–H groups in total. The summed E-state index contributed by atoms with van der Waals surface area (Å²) in [6.07, 6.45) is 1.25. The Morgan fingerprint density at radius 2 is 2.22 bits per heavy atom. The summed E-state index contributed by atoms with van der Waals surface area (Å²) < 4.78 is 1.22. The highest BCUT2D eigenvalue weighted by Gasteiger charge is 2.23. The number of hydrogen-bond donors (Lipinski definition) is 1. The van der Waals surface area contributed by atoms with Gasteiger partial charge in [-0.05, 0) is 50.0 Å². The maximum absolute atomic E-state index is 3.71. The largest absolute Gasteiger partial charge is 0.310 e. The topological polar surface area (TPSA) is 15.3 Å². The minimum Gasteiger partial charge on any atom is -0.310 e. The molecule has 1 saturated heterocycles. The van der Waals surface area contributed by atoms with Crippen LogP contribution in [0.3, 0.4) is 0 Å². The monoisotopic (exact) mass is 310 g/mol. The zero-order chi connectivity index (χ0) is 13.1. The summed E-state index contributed by atoms with van der Waals surface area (Å²) in [4.78, 5) is 2.42. The fourth-order valence-electron chi connectivity index (χ4n) is 2.69. The average molecular weight is 311 g/mol. The van der Waals surface area contributed by atoms with Gasteiger partial charge in [0.15, 0.2) is 0 Å². The Bertz CT molecular complexity index is 405. The standard InChI is InChI=1S/C15H23BrN2/c1-11-4-5-13(14(16)8-11)9-17-15-6-7-18(3)10-12(15)2/h4-5,8,12,15,17H,6-7,9-10H2,1-3H3. The van der Waals surface area contributed by atoms with Gasteiger partial charge in [-0.15, -0.1) is 0 Å². The highest BCUT2D eigenvalue weighted by molar-refractivity contribution is 9.10. The highest BCUT2D eigenvalue weighted by Crippen LogP contribution is 2.20. The van der Waals surface area contributed by atoms with Crippen molar-refractivity contribution in [1.29, 1.82) is 0 Å². The second kappa shape index (κ2) is 6.18. The van der Waals surface area contributed by atoms with Gasteiger partial charge in [-0.1, -0.05) is 35.0 Å². The van der Waals surface area contributed by atoms with Crippen LogP contribution >= 0.6 is 15.9 Å². The molecule has 2 rings (SSSR count). The molecule has 1 aliphatic heterocycles. The SMILES string of the molecule is Cc1ccc(CNC2CCN(C)CC2C)c(Br)c1. The number of piperidine rings is 1. The third kappa shape index (κ3) is 3.56. The molecule has 1 fully saturated rings. The van der Waals surface area contributed by atoms with Crippen molar-refractivity contribution in [2.45, 2.75) is 32.9 Å². The van der Waals surface area contributed by atoms with Crippen molar-refractivity contribution in [1.82, 2.24) is 10.2 Å². The predicted octanol–water partition coefficient (Wildman–Crippen LogP) is 3.19. The lowest BCUT2D eigenvalue weighted by molar-refractivity contribution is 0.174. The first kappa shape index (κ1) is 14.0. The maximum atomic E-state index is 3.71. The molecule has 100 valence electrons. The van der Waals surface area contributed by atoms with Crippen LogP contribution in [0.4, 0.5) is 0 Å². The lowest BCUT2D eigenvalue weighted by Crippen LogP contribution is -2.46. The van der Waals surface area contributed by atoms with E-state index in [1.807, 2.05) is 0 Å². The molecule has 0 radical (unpaired) electrons. The van der Waals surface area contributed by atoms with Gasteiger partial charge in [-0.3, -0.25) is 0 Å². The number of rotatable bonds is 3. The van der Waals surface area contributed by atoms with E-state index >= 15 is 0 Å². The molecule has 1 aromatic rings. The van der Waals surface area contributed by atoms with Gasteiger partial charge in [-0.2, -0.15) is 0 Å². The summed E-state index contributed by atoms with van der Waals surface area (Å²) in [7, 11) is 2.21. The molecule has 0 spiro atoms. The fraction of sp³-hybridized carbons (Fsp3) is 0.600. The van der Waals surface area contributed by atoms with Crippen LogP contribution in [-0.4, -0.2) is 31.1 Å². The first-order valence-corrected chi connectivity index (χ1v) is 7.52. The van der Waals surface area contributed by atoms with Gasteiger partial charge in [0.2, 0.25) is 0 Å². The summed E-state index contributed by atoms with van der Waals surface area (Å²) in [5, 5.41) is 3.71. The lowest BCUT2D eigenvalue weighted by atomic mass is 9.94. The van der Waals surface area contributed by atoms with E-state index in [1.54, 1.807) is 0 Å². The van der Waals surface area contributed by atoms with Crippen molar-refractivity contribution in [3.05, 3.63) is 33.8 Å². The van der Waals surface area contributed by atoms with E-state index in [4.69, 9.17) is 0 Å². The predicted molar refractivity (Wildman–Crippen MR) is 80.8 cm³/mol. The number of hydrogen-bond acceptors (Lipinski definition) is 2. The van der Waals surface area contributed by atoms with Crippen LogP contribution in [0.1, 0.15) is 24.5 Å². The summed E-state index contributed by atoms with van der Waals surface area (Å²) in [6, 6.07) is 7.23.